The average molecular weight is 511 g/mol. The zero-order valence-electron chi connectivity index (χ0n) is 16.9. The maximum Gasteiger partial charge on any atom is 0.227 e. The van der Waals surface area contributed by atoms with Crippen LogP contribution in [0.4, 0.5) is 5.82 Å². The van der Waals surface area contributed by atoms with E-state index >= 15 is 0 Å². The number of anilines is 1. The van der Waals surface area contributed by atoms with Crippen LogP contribution >= 0.6 is 24.0 Å². The first kappa shape index (κ1) is 24.8. The first-order chi connectivity index (χ1) is 13.6. The molecule has 1 amide bonds. The van der Waals surface area contributed by atoms with Gasteiger partial charge in [-0.15, -0.1) is 24.0 Å². The minimum atomic E-state index is -0.541. The first-order valence-electron chi connectivity index (χ1n) is 9.56. The molecule has 0 radical (unpaired) electrons. The zero-order valence-corrected chi connectivity index (χ0v) is 19.2. The van der Waals surface area contributed by atoms with Crippen LogP contribution in [0.5, 0.6) is 0 Å². The summed E-state index contributed by atoms with van der Waals surface area (Å²) in [7, 11) is 0. The molecule has 0 saturated heterocycles. The second-order valence-electron chi connectivity index (χ2n) is 6.42. The molecule has 0 bridgehead atoms. The van der Waals surface area contributed by atoms with Crippen LogP contribution in [0.2, 0.25) is 0 Å². The van der Waals surface area contributed by atoms with E-state index in [4.69, 9.17) is 0 Å². The van der Waals surface area contributed by atoms with Crippen molar-refractivity contribution in [2.75, 3.05) is 25.0 Å². The fourth-order valence-corrected chi connectivity index (χ4v) is 2.52. The van der Waals surface area contributed by atoms with Gasteiger partial charge in [0.05, 0.1) is 6.10 Å². The predicted octanol–water partition coefficient (Wildman–Crippen LogP) is 3.02. The number of carbonyl (C=O) groups is 1. The lowest BCUT2D eigenvalue weighted by Gasteiger charge is -2.13. The van der Waals surface area contributed by atoms with Crippen LogP contribution in [0.1, 0.15) is 37.0 Å². The van der Waals surface area contributed by atoms with E-state index < -0.39 is 6.10 Å². The summed E-state index contributed by atoms with van der Waals surface area (Å²) in [5.41, 5.74) is 1.93. The second kappa shape index (κ2) is 13.9. The maximum absolute atomic E-state index is 12.0. The van der Waals surface area contributed by atoms with E-state index in [0.717, 1.165) is 11.1 Å². The summed E-state index contributed by atoms with van der Waals surface area (Å²) in [5.74, 6) is 1.06. The van der Waals surface area contributed by atoms with Gasteiger partial charge in [-0.3, -0.25) is 9.79 Å². The van der Waals surface area contributed by atoms with E-state index in [0.29, 0.717) is 44.3 Å². The molecular formula is C21H30IN5O2. The van der Waals surface area contributed by atoms with Gasteiger partial charge in [0.1, 0.15) is 5.82 Å². The van der Waals surface area contributed by atoms with E-state index in [2.05, 4.69) is 25.9 Å². The number of benzene rings is 1. The van der Waals surface area contributed by atoms with Gasteiger partial charge in [0, 0.05) is 32.3 Å². The molecular weight excluding hydrogens is 481 g/mol. The summed E-state index contributed by atoms with van der Waals surface area (Å²) in [6.07, 6.45) is 2.00. The molecule has 29 heavy (non-hydrogen) atoms. The van der Waals surface area contributed by atoms with Gasteiger partial charge in [0.15, 0.2) is 5.96 Å². The summed E-state index contributed by atoms with van der Waals surface area (Å²) in [6.45, 7) is 5.57. The molecule has 1 heterocycles. The van der Waals surface area contributed by atoms with Crippen molar-refractivity contribution in [2.24, 2.45) is 4.99 Å². The van der Waals surface area contributed by atoms with Crippen molar-refractivity contribution in [1.82, 2.24) is 15.6 Å². The average Bonchev–Trinajstić information content (AvgIpc) is 2.70. The van der Waals surface area contributed by atoms with Crippen LogP contribution < -0.4 is 16.0 Å². The molecule has 1 aromatic heterocycles. The van der Waals surface area contributed by atoms with Gasteiger partial charge in [0.2, 0.25) is 5.91 Å². The van der Waals surface area contributed by atoms with Gasteiger partial charge in [-0.2, -0.15) is 0 Å². The summed E-state index contributed by atoms with van der Waals surface area (Å²) in [6, 6.07) is 13.2. The molecule has 4 N–H and O–H groups in total. The number of amides is 1. The molecule has 0 spiro atoms. The summed E-state index contributed by atoms with van der Waals surface area (Å²) < 4.78 is 0. The van der Waals surface area contributed by atoms with E-state index in [9.17, 15) is 9.90 Å². The van der Waals surface area contributed by atoms with Crippen LogP contribution in [0, 0.1) is 6.92 Å². The molecule has 1 atom stereocenters. The number of aliphatic imine (C=N–C) groups is 1. The van der Waals surface area contributed by atoms with Crippen molar-refractivity contribution in [1.29, 1.82) is 0 Å². The first-order valence-corrected chi connectivity index (χ1v) is 9.56. The van der Waals surface area contributed by atoms with Crippen molar-refractivity contribution < 1.29 is 9.90 Å². The molecule has 0 aliphatic heterocycles. The Kier molecular flexibility index (Phi) is 11.9. The summed E-state index contributed by atoms with van der Waals surface area (Å²) in [4.78, 5) is 20.6. The number of nitrogens with zero attached hydrogens (tertiary/aromatic N) is 2. The monoisotopic (exact) mass is 511 g/mol. The zero-order chi connectivity index (χ0) is 20.2. The Morgan fingerprint density at radius 1 is 1.17 bits per heavy atom. The van der Waals surface area contributed by atoms with Crippen molar-refractivity contribution >= 4 is 41.7 Å². The third-order valence-electron chi connectivity index (χ3n) is 4.02. The lowest BCUT2D eigenvalue weighted by atomic mass is 10.1. The number of hydrogen-bond donors (Lipinski definition) is 4. The molecule has 0 aliphatic rings. The van der Waals surface area contributed by atoms with Crippen LogP contribution in [0.25, 0.3) is 0 Å². The molecule has 1 unspecified atom stereocenters. The predicted molar refractivity (Wildman–Crippen MR) is 128 cm³/mol. The smallest absolute Gasteiger partial charge is 0.227 e. The number of rotatable bonds is 9. The highest BCUT2D eigenvalue weighted by atomic mass is 127. The fourth-order valence-electron chi connectivity index (χ4n) is 2.52. The van der Waals surface area contributed by atoms with E-state index in [1.807, 2.05) is 50.2 Å². The van der Waals surface area contributed by atoms with Gasteiger partial charge in [0.25, 0.3) is 0 Å². The number of halogens is 1. The van der Waals surface area contributed by atoms with Crippen molar-refractivity contribution in [2.45, 2.75) is 32.8 Å². The minimum absolute atomic E-state index is 0. The third-order valence-corrected chi connectivity index (χ3v) is 4.02. The SMILES string of the molecule is CCNC(=NCCC(O)c1ccccc1)NCCC(=O)Nc1ccc(C)cn1.I. The lowest BCUT2D eigenvalue weighted by Crippen LogP contribution is -2.38. The molecule has 158 valence electrons. The molecule has 7 nitrogen and oxygen atoms in total. The third kappa shape index (κ3) is 9.71. The molecule has 8 heteroatoms. The van der Waals surface area contributed by atoms with Crippen molar-refractivity contribution in [3.8, 4) is 0 Å². The normalized spacial score (nSPS) is 11.9. The number of hydrogen-bond acceptors (Lipinski definition) is 4. The quantitative estimate of drug-likeness (QED) is 0.236. The Hall–Kier alpha value is -2.20. The molecule has 0 saturated carbocycles. The molecule has 0 aliphatic carbocycles. The van der Waals surface area contributed by atoms with Gasteiger partial charge < -0.3 is 21.1 Å². The number of aromatic nitrogens is 1. The van der Waals surface area contributed by atoms with E-state index in [-0.39, 0.29) is 29.9 Å². The molecule has 2 aromatic rings. The highest BCUT2D eigenvalue weighted by Gasteiger charge is 2.07. The summed E-state index contributed by atoms with van der Waals surface area (Å²) in [5, 5.41) is 19.2. The van der Waals surface area contributed by atoms with Crippen LogP contribution in [-0.4, -0.2) is 41.6 Å². The van der Waals surface area contributed by atoms with Crippen molar-refractivity contribution in [3.05, 3.63) is 59.8 Å². The number of pyridine rings is 1. The highest BCUT2D eigenvalue weighted by Crippen LogP contribution is 2.15. The molecule has 2 rings (SSSR count). The van der Waals surface area contributed by atoms with Crippen LogP contribution in [0.15, 0.2) is 53.7 Å². The Labute approximate surface area is 189 Å². The van der Waals surface area contributed by atoms with Gasteiger partial charge in [-0.1, -0.05) is 36.4 Å². The topological polar surface area (TPSA) is 98.6 Å². The Morgan fingerprint density at radius 2 is 1.93 bits per heavy atom. The van der Waals surface area contributed by atoms with Gasteiger partial charge in [-0.05, 0) is 37.5 Å². The molecule has 1 aromatic carbocycles. The Morgan fingerprint density at radius 3 is 2.59 bits per heavy atom. The van der Waals surface area contributed by atoms with Gasteiger partial charge >= 0.3 is 0 Å². The maximum atomic E-state index is 12.0. The lowest BCUT2D eigenvalue weighted by molar-refractivity contribution is -0.116. The van der Waals surface area contributed by atoms with E-state index in [1.165, 1.54) is 0 Å². The van der Waals surface area contributed by atoms with Crippen LogP contribution in [0.3, 0.4) is 0 Å². The number of guanidine groups is 1. The number of carbonyl (C=O) groups excluding carboxylic acids is 1. The number of nitrogens with one attached hydrogen (secondary N) is 3. The standard InChI is InChI=1S/C21H29N5O2.HI/c1-3-22-21(23-13-11-18(27)17-7-5-4-6-8-17)24-14-12-20(28)26-19-10-9-16(2)15-25-19;/h4-10,15,18,27H,3,11-14H2,1-2H3,(H2,22,23,24)(H,25,26,28);1H. The number of aryl methyl sites for hydroxylation is 1. The summed E-state index contributed by atoms with van der Waals surface area (Å²) >= 11 is 0. The minimum Gasteiger partial charge on any atom is -0.388 e. The highest BCUT2D eigenvalue weighted by molar-refractivity contribution is 14.0. The van der Waals surface area contributed by atoms with E-state index in [1.54, 1.807) is 12.3 Å². The van der Waals surface area contributed by atoms with Crippen LogP contribution in [-0.2, 0) is 4.79 Å². The Balaban J connectivity index is 0.00000420. The second-order valence-corrected chi connectivity index (χ2v) is 6.42. The largest absolute Gasteiger partial charge is 0.388 e. The fraction of sp³-hybridized carbons (Fsp3) is 0.381. The number of aliphatic hydroxyl groups excluding tert-OH is 1. The molecule has 0 fully saturated rings. The Bertz CT molecular complexity index is 753. The van der Waals surface area contributed by atoms with Gasteiger partial charge in [-0.25, -0.2) is 4.98 Å². The number of aliphatic hydroxyl groups is 1. The van der Waals surface area contributed by atoms with Crippen molar-refractivity contribution in [3.63, 3.8) is 0 Å².